The second-order valence-electron chi connectivity index (χ2n) is 25.7. The molecule has 101 heavy (non-hydrogen) atoms. The number of aliphatic hydroxyl groups excluding tert-OH is 6. The van der Waals surface area contributed by atoms with Gasteiger partial charge in [0.05, 0.1) is 41.3 Å². The van der Waals surface area contributed by atoms with Crippen LogP contribution >= 0.6 is 23.2 Å². The molecule has 21 N–H and O–H groups in total. The van der Waals surface area contributed by atoms with Crippen LogP contribution in [0.3, 0.4) is 0 Å². The first kappa shape index (κ1) is 74.5. The van der Waals surface area contributed by atoms with Gasteiger partial charge in [-0.2, -0.15) is 0 Å². The molecule has 7 aliphatic rings. The number of aliphatic carboxylic acids is 1. The number of nitrogens with one attached hydrogen (secondary N) is 7. The topological polar surface area (TPSA) is 530 Å². The Hall–Kier alpha value is -9.20. The van der Waals surface area contributed by atoms with E-state index in [1.54, 1.807) is 0 Å². The molecular formula is C66H75Cl2N9O24. The molecule has 0 aliphatic carbocycles. The lowest BCUT2D eigenvalue weighted by atomic mass is 9.86. The van der Waals surface area contributed by atoms with E-state index < -0.39 is 237 Å². The number of rotatable bonds is 12. The number of nitrogens with two attached hydrogens (primary N) is 2. The van der Waals surface area contributed by atoms with E-state index in [4.69, 9.17) is 63.1 Å². The molecular weight excluding hydrogens is 1370 g/mol. The number of phenols is 3. The normalized spacial score (nSPS) is 29.6. The minimum atomic E-state index is -2.28. The van der Waals surface area contributed by atoms with Gasteiger partial charge in [0.25, 0.3) is 0 Å². The first-order chi connectivity index (χ1) is 47.7. The van der Waals surface area contributed by atoms with Crippen LogP contribution in [-0.2, 0) is 52.6 Å². The van der Waals surface area contributed by atoms with Crippen molar-refractivity contribution in [3.05, 3.63) is 117 Å². The number of ether oxygens (including phenoxy) is 6. The number of aliphatic hydroxyl groups is 6. The summed E-state index contributed by atoms with van der Waals surface area (Å²) in [5.74, 6) is -15.8. The van der Waals surface area contributed by atoms with Gasteiger partial charge in [-0.15, -0.1) is 0 Å². The molecule has 7 amide bonds. The second-order valence-corrected chi connectivity index (χ2v) is 26.5. The molecule has 0 radical (unpaired) electrons. The van der Waals surface area contributed by atoms with Crippen molar-refractivity contribution in [3.8, 4) is 57.1 Å². The van der Waals surface area contributed by atoms with E-state index in [-0.39, 0.29) is 46.2 Å². The van der Waals surface area contributed by atoms with Crippen molar-refractivity contribution in [2.75, 3.05) is 13.7 Å². The fourth-order valence-corrected chi connectivity index (χ4v) is 12.9. The van der Waals surface area contributed by atoms with E-state index in [1.165, 1.54) is 33.0 Å². The molecule has 5 aromatic rings. The minimum Gasteiger partial charge on any atom is -0.508 e. The van der Waals surface area contributed by atoms with Gasteiger partial charge in [-0.05, 0) is 110 Å². The van der Waals surface area contributed by atoms with Crippen LogP contribution in [0.2, 0.25) is 10.0 Å². The van der Waals surface area contributed by atoms with E-state index in [9.17, 15) is 79.8 Å². The van der Waals surface area contributed by atoms with E-state index in [2.05, 4.69) is 37.2 Å². The van der Waals surface area contributed by atoms with Crippen LogP contribution in [0.15, 0.2) is 78.9 Å². The highest BCUT2D eigenvalue weighted by Gasteiger charge is 2.51. The predicted molar refractivity (Wildman–Crippen MR) is 349 cm³/mol. The molecule has 7 aliphatic heterocycles. The van der Waals surface area contributed by atoms with Crippen molar-refractivity contribution in [2.45, 2.75) is 156 Å². The van der Waals surface area contributed by atoms with Gasteiger partial charge < -0.3 is 128 Å². The zero-order valence-electron chi connectivity index (χ0n) is 54.3. The van der Waals surface area contributed by atoms with Gasteiger partial charge in [0.1, 0.15) is 89.5 Å². The van der Waals surface area contributed by atoms with Crippen molar-refractivity contribution in [1.82, 2.24) is 37.2 Å². The molecule has 33 nitrogen and oxygen atoms in total. The molecule has 7 heterocycles. The average molecular weight is 1450 g/mol. The number of amides is 7. The first-order valence-corrected chi connectivity index (χ1v) is 32.4. The van der Waals surface area contributed by atoms with Crippen LogP contribution in [-0.4, -0.2) is 191 Å². The maximum atomic E-state index is 15.9. The summed E-state index contributed by atoms with van der Waals surface area (Å²) in [4.78, 5) is 116. The second kappa shape index (κ2) is 30.2. The lowest BCUT2D eigenvalue weighted by molar-refractivity contribution is -0.333. The van der Waals surface area contributed by atoms with Gasteiger partial charge in [0.2, 0.25) is 53.4 Å². The number of benzene rings is 5. The Bertz CT molecular complexity index is 4070. The van der Waals surface area contributed by atoms with E-state index in [0.717, 1.165) is 66.7 Å². The van der Waals surface area contributed by atoms with Gasteiger partial charge in [-0.1, -0.05) is 55.2 Å². The summed E-state index contributed by atoms with van der Waals surface area (Å²) in [6, 6.07) is -0.353. The lowest BCUT2D eigenvalue weighted by Gasteiger charge is -2.47. The van der Waals surface area contributed by atoms with E-state index >= 15 is 9.59 Å². The molecule has 0 saturated carbocycles. The Morgan fingerprint density at radius 1 is 0.723 bits per heavy atom. The number of carbonyl (C=O) groups is 8. The number of phenolic OH excluding ortho intramolecular Hbond substituents is 3. The third kappa shape index (κ3) is 15.8. The molecule has 0 spiro atoms. The molecule has 18 atom stereocenters. The zero-order valence-corrected chi connectivity index (χ0v) is 55.8. The van der Waals surface area contributed by atoms with Crippen LogP contribution in [0.5, 0.6) is 46.0 Å². The molecule has 5 aromatic carbocycles. The highest BCUT2D eigenvalue weighted by Crippen LogP contribution is 2.50. The van der Waals surface area contributed by atoms with Crippen LogP contribution < -0.4 is 62.9 Å². The number of carboxylic acid groups (broad SMARTS) is 1. The summed E-state index contributed by atoms with van der Waals surface area (Å²) < 4.78 is 38.3. The largest absolute Gasteiger partial charge is 0.508 e. The smallest absolute Gasteiger partial charge is 0.330 e. The molecule has 2 fully saturated rings. The van der Waals surface area contributed by atoms with E-state index in [0.29, 0.717) is 0 Å². The number of aromatic hydroxyl groups is 3. The third-order valence-electron chi connectivity index (χ3n) is 17.8. The highest BCUT2D eigenvalue weighted by atomic mass is 35.5. The van der Waals surface area contributed by atoms with Crippen LogP contribution in [0.1, 0.15) is 105 Å². The van der Waals surface area contributed by atoms with E-state index in [1.807, 2.05) is 13.8 Å². The Balaban J connectivity index is 1.23. The van der Waals surface area contributed by atoms with Crippen molar-refractivity contribution < 1.29 is 118 Å². The standard InChI is InChI=1S/C66H75Cl2N9O24/c1-23(2)12-35(71-5)59(89)76-49-51(83)26-7-10-38(32(67)14-26)97-40-16-28-17-41(55(40)101-65-56(54(86)53(85)42(22-78)99-65)100-44-21-66(4,70)57(87)24(3)96-44)98-39-11-8-27(15-33(39)68)52(84)50-63(93)75-48(64(94)95)31-18-29(79)19-37(81)45(31)30-13-25(6-9-36(30)80)46(60(90)77-50)74-61(91)47(28)73-43(82)20-34(58(69)88)72-62(49)92/h6-11,13-19,23-24,34-35,42,44,46-54,56-57,65,71,78-81,83-87H,12,20-22,70H2,1-5H3,(H2,69,88)(H,72,92)(H,73,82)(H,74,91)(H,75,93)(H,76,89)(H,77,90)(H,94,95). The summed E-state index contributed by atoms with van der Waals surface area (Å²) >= 11 is 14.1. The summed E-state index contributed by atoms with van der Waals surface area (Å²) in [5.41, 5.74) is 8.21. The number of carbonyl (C=O) groups excluding carboxylic acids is 7. The molecule has 0 aromatic heterocycles. The highest BCUT2D eigenvalue weighted by molar-refractivity contribution is 6.32. The lowest BCUT2D eigenvalue weighted by Crippen LogP contribution is -2.64. The summed E-state index contributed by atoms with van der Waals surface area (Å²) in [7, 11) is 1.48. The van der Waals surface area contributed by atoms with Gasteiger partial charge in [0.15, 0.2) is 29.9 Å². The van der Waals surface area contributed by atoms with Crippen molar-refractivity contribution in [2.24, 2.45) is 17.4 Å². The number of hydrogen-bond acceptors (Lipinski definition) is 25. The Morgan fingerprint density at radius 3 is 1.92 bits per heavy atom. The molecule has 12 rings (SSSR count). The van der Waals surface area contributed by atoms with Gasteiger partial charge in [0, 0.05) is 34.7 Å². The average Bonchev–Trinajstić information content (AvgIpc) is 0.953. The van der Waals surface area contributed by atoms with Crippen molar-refractivity contribution in [1.29, 1.82) is 0 Å². The number of primary amides is 1. The van der Waals surface area contributed by atoms with Crippen molar-refractivity contribution in [3.63, 3.8) is 0 Å². The number of likely N-dealkylation sites (N-methyl/N-ethyl adjacent to an activating group) is 1. The first-order valence-electron chi connectivity index (χ1n) is 31.6. The third-order valence-corrected chi connectivity index (χ3v) is 18.4. The van der Waals surface area contributed by atoms with Crippen molar-refractivity contribution >= 4 is 70.5 Å². The van der Waals surface area contributed by atoms with Crippen LogP contribution in [0, 0.1) is 5.92 Å². The maximum Gasteiger partial charge on any atom is 0.330 e. The Labute approximate surface area is 584 Å². The maximum absolute atomic E-state index is 15.9. The number of hydrogen-bond donors (Lipinski definition) is 19. The fourth-order valence-electron chi connectivity index (χ4n) is 12.5. The predicted octanol–water partition coefficient (Wildman–Crippen LogP) is 0.106. The van der Waals surface area contributed by atoms with Gasteiger partial charge in [-0.25, -0.2) is 4.79 Å². The van der Waals surface area contributed by atoms with Crippen LogP contribution in [0.25, 0.3) is 11.1 Å². The molecule has 11 bridgehead atoms. The summed E-state index contributed by atoms with van der Waals surface area (Å²) in [6.07, 6.45) is -18.6. The fraction of sp³-hybridized carbons (Fsp3) is 0.424. The number of carboxylic acids is 1. The quantitative estimate of drug-likeness (QED) is 0.0788. The summed E-state index contributed by atoms with van der Waals surface area (Å²) in [6.45, 7) is 5.67. The molecule has 35 heteroatoms. The minimum absolute atomic E-state index is 0.0825. The Morgan fingerprint density at radius 2 is 1.34 bits per heavy atom. The summed E-state index contributed by atoms with van der Waals surface area (Å²) in [5, 5.41) is 130. The molecule has 18 unspecified atom stereocenters. The molecule has 2 saturated heterocycles. The molecule has 542 valence electrons. The monoisotopic (exact) mass is 1450 g/mol. The van der Waals surface area contributed by atoms with Gasteiger partial charge in [-0.3, -0.25) is 33.6 Å². The zero-order chi connectivity index (χ0) is 73.5. The van der Waals surface area contributed by atoms with Crippen LogP contribution in [0.4, 0.5) is 0 Å². The SMILES string of the molecule is CNC(CC(C)C)C(=O)NC1C(=O)NC(C(N)=O)CC(=O)NC2C(=O)NC3C(=O)NC(C(=O)NC(C(=O)O)c4cc(O)cc(O)c4-c4cc3ccc4O)C(O)c3ccc(c(Cl)c3)Oc3cc2cc(c3OC2OC(CO)C(O)C(O)C2OC2CC(C)(N)C(O)C(C)O2)Oc2ccc(cc2Cl)C1O. The number of fused-ring (bicyclic) bond motifs is 16. The Kier molecular flexibility index (Phi) is 22.2. The van der Waals surface area contributed by atoms with Gasteiger partial charge >= 0.3 is 5.97 Å². The number of halogens is 2.